The molecule has 1 aliphatic carbocycles. The van der Waals surface area contributed by atoms with Crippen molar-refractivity contribution in [3.8, 4) is 0 Å². The van der Waals surface area contributed by atoms with Crippen LogP contribution in [-0.4, -0.2) is 61.5 Å². The fraction of sp³-hybridized carbons (Fsp3) is 0.667. The number of rotatable bonds is 6. The highest BCUT2D eigenvalue weighted by molar-refractivity contribution is 5.90. The summed E-state index contributed by atoms with van der Waals surface area (Å²) in [5.41, 5.74) is -0.149. The Hall–Kier alpha value is -1.36. The first kappa shape index (κ1) is 13.7. The molecule has 0 aromatic carbocycles. The molecule has 0 spiro atoms. The molecule has 0 aromatic rings. The number of ether oxygens (including phenoxy) is 1. The third-order valence-electron chi connectivity index (χ3n) is 3.25. The molecular weight excluding hydrogens is 220 g/mol. The molecule has 0 unspecified atom stereocenters. The van der Waals surface area contributed by atoms with Crippen LogP contribution in [0, 0.1) is 0 Å². The van der Waals surface area contributed by atoms with Crippen LogP contribution in [-0.2, 0) is 14.3 Å². The Morgan fingerprint density at radius 1 is 1.41 bits per heavy atom. The van der Waals surface area contributed by atoms with Crippen molar-refractivity contribution in [3.63, 3.8) is 0 Å². The molecule has 1 fully saturated rings. The van der Waals surface area contributed by atoms with Crippen LogP contribution in [0.4, 0.5) is 0 Å². The molecule has 0 radical (unpaired) electrons. The SMILES string of the molecule is C=CC(=O)N(C)CC(=O)N(C)C1(COC)CC1. The van der Waals surface area contributed by atoms with Crippen molar-refractivity contribution in [1.82, 2.24) is 9.80 Å². The predicted octanol–water partition coefficient (Wildman–Crippen LogP) is 0.268. The summed E-state index contributed by atoms with van der Waals surface area (Å²) in [6.45, 7) is 4.01. The van der Waals surface area contributed by atoms with Crippen molar-refractivity contribution in [2.45, 2.75) is 18.4 Å². The van der Waals surface area contributed by atoms with Crippen molar-refractivity contribution in [1.29, 1.82) is 0 Å². The monoisotopic (exact) mass is 240 g/mol. The number of hydrogen-bond donors (Lipinski definition) is 0. The van der Waals surface area contributed by atoms with Crippen LogP contribution in [0.25, 0.3) is 0 Å². The fourth-order valence-electron chi connectivity index (χ4n) is 1.80. The van der Waals surface area contributed by atoms with Gasteiger partial charge in [0.15, 0.2) is 0 Å². The summed E-state index contributed by atoms with van der Waals surface area (Å²) in [7, 11) is 4.98. The Labute approximate surface area is 102 Å². The van der Waals surface area contributed by atoms with Crippen molar-refractivity contribution in [2.24, 2.45) is 0 Å². The van der Waals surface area contributed by atoms with E-state index in [1.165, 1.54) is 11.0 Å². The lowest BCUT2D eigenvalue weighted by molar-refractivity contribution is -0.139. The molecule has 2 amide bonds. The van der Waals surface area contributed by atoms with Crippen LogP contribution in [0.1, 0.15) is 12.8 Å². The number of carbonyl (C=O) groups is 2. The molecule has 96 valence electrons. The quantitative estimate of drug-likeness (QED) is 0.626. The summed E-state index contributed by atoms with van der Waals surface area (Å²) < 4.78 is 5.12. The summed E-state index contributed by atoms with van der Waals surface area (Å²) in [4.78, 5) is 26.3. The van der Waals surface area contributed by atoms with Crippen molar-refractivity contribution < 1.29 is 14.3 Å². The number of carbonyl (C=O) groups excluding carboxylic acids is 2. The molecule has 0 bridgehead atoms. The molecule has 5 heteroatoms. The van der Waals surface area contributed by atoms with E-state index in [2.05, 4.69) is 6.58 Å². The Bertz CT molecular complexity index is 324. The van der Waals surface area contributed by atoms with Crippen molar-refractivity contribution in [2.75, 3.05) is 34.4 Å². The molecule has 0 aliphatic heterocycles. The second-order valence-electron chi connectivity index (χ2n) is 4.51. The van der Waals surface area contributed by atoms with Crippen LogP contribution in [0.5, 0.6) is 0 Å². The lowest BCUT2D eigenvalue weighted by Crippen LogP contribution is -2.46. The Balaban J connectivity index is 2.53. The van der Waals surface area contributed by atoms with Gasteiger partial charge in [0.05, 0.1) is 18.7 Å². The average Bonchev–Trinajstić information content (AvgIpc) is 3.08. The van der Waals surface area contributed by atoms with E-state index in [-0.39, 0.29) is 23.9 Å². The van der Waals surface area contributed by atoms with Gasteiger partial charge in [0.2, 0.25) is 11.8 Å². The van der Waals surface area contributed by atoms with Gasteiger partial charge in [0, 0.05) is 21.2 Å². The van der Waals surface area contributed by atoms with E-state index in [1.807, 2.05) is 0 Å². The maximum atomic E-state index is 12.0. The van der Waals surface area contributed by atoms with Gasteiger partial charge in [-0.2, -0.15) is 0 Å². The molecule has 0 heterocycles. The number of likely N-dealkylation sites (N-methyl/N-ethyl adjacent to an activating group) is 2. The molecule has 0 saturated heterocycles. The Kier molecular flexibility index (Phi) is 4.28. The summed E-state index contributed by atoms with van der Waals surface area (Å²) in [6.07, 6.45) is 3.12. The van der Waals surface area contributed by atoms with Gasteiger partial charge in [-0.3, -0.25) is 9.59 Å². The maximum Gasteiger partial charge on any atom is 0.246 e. The van der Waals surface area contributed by atoms with Gasteiger partial charge in [-0.15, -0.1) is 0 Å². The number of hydrogen-bond acceptors (Lipinski definition) is 3. The molecule has 0 N–H and O–H groups in total. The van der Waals surface area contributed by atoms with Gasteiger partial charge in [-0.1, -0.05) is 6.58 Å². The van der Waals surface area contributed by atoms with Crippen molar-refractivity contribution in [3.05, 3.63) is 12.7 Å². The zero-order valence-electron chi connectivity index (χ0n) is 10.7. The lowest BCUT2D eigenvalue weighted by atomic mass is 10.2. The van der Waals surface area contributed by atoms with Crippen LogP contribution in [0.2, 0.25) is 0 Å². The predicted molar refractivity (Wildman–Crippen MR) is 64.4 cm³/mol. The van der Waals surface area contributed by atoms with Gasteiger partial charge in [0.25, 0.3) is 0 Å². The fourth-order valence-corrected chi connectivity index (χ4v) is 1.80. The Morgan fingerprint density at radius 2 is 2.00 bits per heavy atom. The van der Waals surface area contributed by atoms with Crippen LogP contribution >= 0.6 is 0 Å². The second kappa shape index (κ2) is 5.31. The highest BCUT2D eigenvalue weighted by Gasteiger charge is 2.48. The molecule has 1 saturated carbocycles. The van der Waals surface area contributed by atoms with E-state index < -0.39 is 0 Å². The highest BCUT2D eigenvalue weighted by Crippen LogP contribution is 2.41. The normalized spacial score (nSPS) is 16.2. The van der Waals surface area contributed by atoms with Crippen LogP contribution in [0.3, 0.4) is 0 Å². The molecule has 0 atom stereocenters. The molecule has 0 aromatic heterocycles. The highest BCUT2D eigenvalue weighted by atomic mass is 16.5. The van der Waals surface area contributed by atoms with E-state index in [4.69, 9.17) is 4.74 Å². The number of nitrogens with zero attached hydrogens (tertiary/aromatic N) is 2. The van der Waals surface area contributed by atoms with Gasteiger partial charge in [-0.25, -0.2) is 0 Å². The smallest absolute Gasteiger partial charge is 0.246 e. The Morgan fingerprint density at radius 3 is 2.41 bits per heavy atom. The minimum atomic E-state index is -0.247. The van der Waals surface area contributed by atoms with Gasteiger partial charge >= 0.3 is 0 Å². The van der Waals surface area contributed by atoms with Crippen LogP contribution in [0.15, 0.2) is 12.7 Å². The van der Waals surface area contributed by atoms with Crippen LogP contribution < -0.4 is 0 Å². The van der Waals surface area contributed by atoms with E-state index >= 15 is 0 Å². The van der Waals surface area contributed by atoms with E-state index in [0.29, 0.717) is 6.61 Å². The summed E-state index contributed by atoms with van der Waals surface area (Å²) in [6, 6.07) is 0. The van der Waals surface area contributed by atoms with E-state index in [1.54, 1.807) is 26.1 Å². The molecule has 17 heavy (non-hydrogen) atoms. The number of amides is 2. The second-order valence-corrected chi connectivity index (χ2v) is 4.51. The summed E-state index contributed by atoms with van der Waals surface area (Å²) in [5, 5.41) is 0. The minimum Gasteiger partial charge on any atom is -0.382 e. The average molecular weight is 240 g/mol. The topological polar surface area (TPSA) is 49.9 Å². The largest absolute Gasteiger partial charge is 0.382 e. The van der Waals surface area contributed by atoms with E-state index in [9.17, 15) is 9.59 Å². The molecular formula is C12H20N2O3. The first-order chi connectivity index (χ1) is 7.96. The van der Waals surface area contributed by atoms with Crippen molar-refractivity contribution >= 4 is 11.8 Å². The summed E-state index contributed by atoms with van der Waals surface area (Å²) >= 11 is 0. The molecule has 1 rings (SSSR count). The lowest BCUT2D eigenvalue weighted by Gasteiger charge is -2.29. The zero-order chi connectivity index (χ0) is 13.1. The minimum absolute atomic E-state index is 0.0720. The zero-order valence-corrected chi connectivity index (χ0v) is 10.7. The maximum absolute atomic E-state index is 12.0. The van der Waals surface area contributed by atoms with Gasteiger partial charge < -0.3 is 14.5 Å². The third kappa shape index (κ3) is 3.06. The first-order valence-corrected chi connectivity index (χ1v) is 5.60. The summed E-state index contributed by atoms with van der Waals surface area (Å²) in [5.74, 6) is -0.319. The van der Waals surface area contributed by atoms with E-state index in [0.717, 1.165) is 12.8 Å². The van der Waals surface area contributed by atoms with Gasteiger partial charge in [-0.05, 0) is 18.9 Å². The third-order valence-corrected chi connectivity index (χ3v) is 3.25. The molecule has 5 nitrogen and oxygen atoms in total. The standard InChI is InChI=1S/C12H20N2O3/c1-5-10(15)13(2)8-11(16)14(3)12(6-7-12)9-17-4/h5H,1,6-9H2,2-4H3. The van der Waals surface area contributed by atoms with Gasteiger partial charge in [0.1, 0.15) is 0 Å². The first-order valence-electron chi connectivity index (χ1n) is 5.60. The number of methoxy groups -OCH3 is 1. The molecule has 1 aliphatic rings.